The molecule has 0 aromatic heterocycles. The number of rotatable bonds is 7. The Hall–Kier alpha value is -0.130. The fourth-order valence-electron chi connectivity index (χ4n) is 1.39. The van der Waals surface area contributed by atoms with E-state index in [4.69, 9.17) is 4.74 Å². The van der Waals surface area contributed by atoms with Crippen LogP contribution in [0.5, 0.6) is 0 Å². The first-order valence-electron chi connectivity index (χ1n) is 5.77. The van der Waals surface area contributed by atoms with Crippen molar-refractivity contribution in [1.29, 1.82) is 0 Å². The molecule has 1 unspecified atom stereocenters. The van der Waals surface area contributed by atoms with E-state index in [0.717, 1.165) is 12.0 Å². The highest BCUT2D eigenvalue weighted by molar-refractivity contribution is 14.1. The standard InChI is InChI=1S/C11H14F3IO4S/c12-11(13,14)20(16,17)19-6-2-5-18-8-9-3-1-4-10(15)7-9/h1,3,7,10H,2,4-6,8H2. The fraction of sp³-hybridized carbons (Fsp3) is 0.636. The van der Waals surface area contributed by atoms with Gasteiger partial charge in [-0.1, -0.05) is 40.8 Å². The Morgan fingerprint density at radius 2 is 2.05 bits per heavy atom. The number of alkyl halides is 4. The Morgan fingerprint density at radius 3 is 2.65 bits per heavy atom. The monoisotopic (exact) mass is 426 g/mol. The summed E-state index contributed by atoms with van der Waals surface area (Å²) < 4.78 is 66.4. The van der Waals surface area contributed by atoms with Crippen LogP contribution >= 0.6 is 22.6 Å². The number of halogens is 4. The average molecular weight is 426 g/mol. The van der Waals surface area contributed by atoms with Gasteiger partial charge in [0.25, 0.3) is 0 Å². The third-order valence-corrected chi connectivity index (χ3v) is 4.22. The highest BCUT2D eigenvalue weighted by atomic mass is 127. The first-order valence-corrected chi connectivity index (χ1v) is 8.42. The van der Waals surface area contributed by atoms with Crippen molar-refractivity contribution in [3.8, 4) is 0 Å². The Balaban J connectivity index is 2.16. The smallest absolute Gasteiger partial charge is 0.377 e. The first-order chi connectivity index (χ1) is 9.22. The molecule has 0 saturated heterocycles. The van der Waals surface area contributed by atoms with Gasteiger partial charge in [0, 0.05) is 10.5 Å². The predicted octanol–water partition coefficient (Wildman–Crippen LogP) is 2.95. The largest absolute Gasteiger partial charge is 0.523 e. The molecular weight excluding hydrogens is 412 g/mol. The number of hydrogen-bond donors (Lipinski definition) is 0. The minimum atomic E-state index is -5.49. The van der Waals surface area contributed by atoms with Gasteiger partial charge in [-0.15, -0.1) is 0 Å². The van der Waals surface area contributed by atoms with Crippen LogP contribution in [0, 0.1) is 0 Å². The maximum absolute atomic E-state index is 11.9. The van der Waals surface area contributed by atoms with Crippen molar-refractivity contribution in [2.75, 3.05) is 19.8 Å². The van der Waals surface area contributed by atoms with Gasteiger partial charge in [-0.05, 0) is 18.4 Å². The SMILES string of the molecule is O=S(=O)(OCCCOCC1=CC(I)CC=C1)C(F)(F)F. The highest BCUT2D eigenvalue weighted by Crippen LogP contribution is 2.24. The van der Waals surface area contributed by atoms with Gasteiger partial charge in [0.1, 0.15) is 0 Å². The summed E-state index contributed by atoms with van der Waals surface area (Å²) in [4.78, 5) is 0. The molecule has 20 heavy (non-hydrogen) atoms. The Morgan fingerprint density at radius 1 is 1.35 bits per heavy atom. The lowest BCUT2D eigenvalue weighted by Crippen LogP contribution is -2.26. The molecule has 0 radical (unpaired) electrons. The van der Waals surface area contributed by atoms with Crippen molar-refractivity contribution in [2.24, 2.45) is 0 Å². The van der Waals surface area contributed by atoms with Gasteiger partial charge in [0.05, 0.1) is 13.2 Å². The Labute approximate surface area is 129 Å². The van der Waals surface area contributed by atoms with Crippen molar-refractivity contribution in [3.63, 3.8) is 0 Å². The normalized spacial score (nSPS) is 20.0. The minimum Gasteiger partial charge on any atom is -0.377 e. The van der Waals surface area contributed by atoms with E-state index >= 15 is 0 Å². The molecule has 1 aliphatic carbocycles. The summed E-state index contributed by atoms with van der Waals surface area (Å²) in [6, 6.07) is 0. The van der Waals surface area contributed by atoms with E-state index in [2.05, 4.69) is 26.8 Å². The van der Waals surface area contributed by atoms with Crippen LogP contribution in [-0.4, -0.2) is 37.7 Å². The zero-order chi connectivity index (χ0) is 15.2. The van der Waals surface area contributed by atoms with E-state index in [0.29, 0.717) is 10.5 Å². The van der Waals surface area contributed by atoms with Crippen LogP contribution in [0.3, 0.4) is 0 Å². The predicted molar refractivity (Wildman–Crippen MR) is 76.0 cm³/mol. The van der Waals surface area contributed by atoms with Gasteiger partial charge in [0.15, 0.2) is 0 Å². The van der Waals surface area contributed by atoms with Crippen molar-refractivity contribution in [2.45, 2.75) is 22.3 Å². The van der Waals surface area contributed by atoms with Crippen LogP contribution in [0.1, 0.15) is 12.8 Å². The molecule has 0 amide bonds. The van der Waals surface area contributed by atoms with Gasteiger partial charge in [-0.3, -0.25) is 4.18 Å². The Bertz CT molecular complexity index is 471. The molecule has 116 valence electrons. The third kappa shape index (κ3) is 6.10. The minimum absolute atomic E-state index is 0.0694. The van der Waals surface area contributed by atoms with Gasteiger partial charge < -0.3 is 4.74 Å². The summed E-state index contributed by atoms with van der Waals surface area (Å²) >= 11 is 2.29. The molecule has 4 nitrogen and oxygen atoms in total. The summed E-state index contributed by atoms with van der Waals surface area (Å²) in [5, 5.41) is 0. The number of allylic oxidation sites excluding steroid dienone is 2. The molecule has 9 heteroatoms. The number of hydrogen-bond acceptors (Lipinski definition) is 4. The molecule has 0 bridgehead atoms. The van der Waals surface area contributed by atoms with Gasteiger partial charge in [-0.2, -0.15) is 21.6 Å². The molecule has 0 N–H and O–H groups in total. The molecule has 0 fully saturated rings. The van der Waals surface area contributed by atoms with Crippen molar-refractivity contribution < 1.29 is 30.5 Å². The molecule has 0 aliphatic heterocycles. The van der Waals surface area contributed by atoms with E-state index in [1.54, 1.807) is 0 Å². The van der Waals surface area contributed by atoms with Crippen LogP contribution in [0.25, 0.3) is 0 Å². The second kappa shape index (κ2) is 7.76. The summed E-state index contributed by atoms with van der Waals surface area (Å²) in [7, 11) is -5.49. The maximum Gasteiger partial charge on any atom is 0.523 e. The van der Waals surface area contributed by atoms with E-state index in [9.17, 15) is 21.6 Å². The molecule has 1 atom stereocenters. The summed E-state index contributed by atoms with van der Waals surface area (Å²) in [5.74, 6) is 0. The van der Waals surface area contributed by atoms with Crippen molar-refractivity contribution >= 4 is 32.7 Å². The van der Waals surface area contributed by atoms with Crippen LogP contribution in [0.4, 0.5) is 13.2 Å². The van der Waals surface area contributed by atoms with Gasteiger partial charge >= 0.3 is 15.6 Å². The lowest BCUT2D eigenvalue weighted by Gasteiger charge is -2.12. The van der Waals surface area contributed by atoms with Crippen molar-refractivity contribution in [3.05, 3.63) is 23.8 Å². The van der Waals surface area contributed by atoms with Gasteiger partial charge in [-0.25, -0.2) is 0 Å². The maximum atomic E-state index is 11.9. The van der Waals surface area contributed by atoms with E-state index in [1.807, 2.05) is 18.2 Å². The van der Waals surface area contributed by atoms with Crippen LogP contribution < -0.4 is 0 Å². The first kappa shape index (κ1) is 17.9. The number of ether oxygens (including phenoxy) is 1. The molecule has 0 aromatic rings. The molecular formula is C11H14F3IO4S. The highest BCUT2D eigenvalue weighted by Gasteiger charge is 2.47. The third-order valence-electron chi connectivity index (χ3n) is 2.31. The lowest BCUT2D eigenvalue weighted by atomic mass is 10.1. The lowest BCUT2D eigenvalue weighted by molar-refractivity contribution is -0.0545. The molecule has 1 rings (SSSR count). The summed E-state index contributed by atoms with van der Waals surface area (Å²) in [5.41, 5.74) is -4.37. The summed E-state index contributed by atoms with van der Waals surface area (Å²) in [6.45, 7) is -0.0713. The topological polar surface area (TPSA) is 52.6 Å². The molecule has 0 spiro atoms. The van der Waals surface area contributed by atoms with Crippen LogP contribution in [0.15, 0.2) is 23.8 Å². The molecule has 0 heterocycles. The molecule has 0 aromatic carbocycles. The molecule has 1 aliphatic rings. The quantitative estimate of drug-likeness (QED) is 0.207. The van der Waals surface area contributed by atoms with E-state index in [-0.39, 0.29) is 13.0 Å². The zero-order valence-corrected chi connectivity index (χ0v) is 13.4. The van der Waals surface area contributed by atoms with Crippen molar-refractivity contribution in [1.82, 2.24) is 0 Å². The van der Waals surface area contributed by atoms with Crippen LogP contribution in [0.2, 0.25) is 0 Å². The average Bonchev–Trinajstić information content (AvgIpc) is 2.32. The second-order valence-electron chi connectivity index (χ2n) is 4.02. The Kier molecular flexibility index (Phi) is 6.95. The van der Waals surface area contributed by atoms with Crippen LogP contribution in [-0.2, 0) is 19.0 Å². The summed E-state index contributed by atoms with van der Waals surface area (Å²) in [6.07, 6.45) is 7.03. The second-order valence-corrected chi connectivity index (χ2v) is 7.23. The zero-order valence-electron chi connectivity index (χ0n) is 10.4. The fourth-order valence-corrected chi connectivity index (χ4v) is 2.61. The van der Waals surface area contributed by atoms with Gasteiger partial charge in [0.2, 0.25) is 0 Å². The van der Waals surface area contributed by atoms with E-state index < -0.39 is 22.2 Å². The van der Waals surface area contributed by atoms with E-state index in [1.165, 1.54) is 0 Å². The molecule has 0 saturated carbocycles.